The Hall–Kier alpha value is -6.52. The summed E-state index contributed by atoms with van der Waals surface area (Å²) in [4.78, 5) is 147. The molecule has 0 spiro atoms. The van der Waals surface area contributed by atoms with Gasteiger partial charge in [-0.3, -0.25) is 52.7 Å². The minimum absolute atomic E-state index is 0.0229. The second-order valence-electron chi connectivity index (χ2n) is 13.6. The summed E-state index contributed by atoms with van der Waals surface area (Å²) in [6.07, 6.45) is -1.59. The van der Waals surface area contributed by atoms with Crippen molar-refractivity contribution in [1.82, 2.24) is 42.5 Å². The minimum Gasteiger partial charge on any atom is -0.481 e. The predicted octanol–water partition coefficient (Wildman–Crippen LogP) is -8.93. The highest BCUT2D eigenvalue weighted by Gasteiger charge is 2.31. The quantitative estimate of drug-likeness (QED) is 0.0279. The Balaban J connectivity index is 5.54. The Kier molecular flexibility index (Phi) is 26.5. The molecule has 0 saturated heterocycles. The lowest BCUT2D eigenvalue weighted by Gasteiger charge is -2.25. The first-order chi connectivity index (χ1) is 29.1. The third-order valence-corrected chi connectivity index (χ3v) is 8.46. The van der Waals surface area contributed by atoms with E-state index in [1.165, 1.54) is 6.92 Å². The first-order valence-corrected chi connectivity index (χ1v) is 19.1. The Morgan fingerprint density at radius 2 is 0.968 bits per heavy atom. The summed E-state index contributed by atoms with van der Waals surface area (Å²) < 4.78 is 0. The molecule has 0 heterocycles. The lowest BCUT2D eigenvalue weighted by molar-refractivity contribution is -0.143. The average Bonchev–Trinajstić information content (AvgIpc) is 3.20. The summed E-state index contributed by atoms with van der Waals surface area (Å²) in [5, 5.41) is 55.1. The van der Waals surface area contributed by atoms with Crippen LogP contribution in [0.4, 0.5) is 0 Å². The lowest BCUT2D eigenvalue weighted by atomic mass is 10.1. The molecule has 0 bridgehead atoms. The van der Waals surface area contributed by atoms with E-state index in [0.29, 0.717) is 12.8 Å². The molecular formula is C34H58N12O16. The number of hydrogen-bond acceptors (Lipinski definition) is 16. The number of nitrogens with two attached hydrogens (primary N) is 4. The molecule has 0 saturated carbocycles. The number of amides is 10. The zero-order chi connectivity index (χ0) is 47.5. The van der Waals surface area contributed by atoms with Gasteiger partial charge < -0.3 is 85.9 Å². The largest absolute Gasteiger partial charge is 0.481 e. The van der Waals surface area contributed by atoms with Crippen LogP contribution in [-0.2, 0) is 57.5 Å². The summed E-state index contributed by atoms with van der Waals surface area (Å²) in [7, 11) is 0. The van der Waals surface area contributed by atoms with Crippen molar-refractivity contribution in [2.24, 2.45) is 22.9 Å². The molecule has 28 heteroatoms. The molecular weight excluding hydrogens is 832 g/mol. The molecule has 0 fully saturated rings. The maximum Gasteiger partial charge on any atom is 0.326 e. The molecule has 0 radical (unpaired) electrons. The van der Waals surface area contributed by atoms with Crippen molar-refractivity contribution in [3.63, 3.8) is 0 Å². The van der Waals surface area contributed by atoms with E-state index in [2.05, 4.69) is 37.2 Å². The molecule has 350 valence electrons. The van der Waals surface area contributed by atoms with E-state index in [1.807, 2.05) is 5.32 Å². The third kappa shape index (κ3) is 23.3. The topological polar surface area (TPSA) is 486 Å². The zero-order valence-corrected chi connectivity index (χ0v) is 33.9. The molecule has 20 N–H and O–H groups in total. The summed E-state index contributed by atoms with van der Waals surface area (Å²) in [5.74, 6) is -12.5. The predicted molar refractivity (Wildman–Crippen MR) is 210 cm³/mol. The van der Waals surface area contributed by atoms with Gasteiger partial charge in [-0.2, -0.15) is 0 Å². The first-order valence-electron chi connectivity index (χ1n) is 19.1. The van der Waals surface area contributed by atoms with Crippen LogP contribution in [0, 0.1) is 0 Å². The normalized spacial score (nSPS) is 14.1. The number of unbranched alkanes of at least 4 members (excludes halogenated alkanes) is 1. The number of nitrogens with one attached hydrogen (secondary N) is 8. The van der Waals surface area contributed by atoms with E-state index in [9.17, 15) is 72.9 Å². The van der Waals surface area contributed by atoms with Crippen molar-refractivity contribution in [1.29, 1.82) is 0 Å². The number of aliphatic hydroxyl groups excluding tert-OH is 2. The van der Waals surface area contributed by atoms with Crippen molar-refractivity contribution in [2.75, 3.05) is 32.8 Å². The molecule has 28 nitrogen and oxygen atoms in total. The van der Waals surface area contributed by atoms with Gasteiger partial charge in [0.05, 0.1) is 32.3 Å². The Bertz CT molecular complexity index is 1620. The van der Waals surface area contributed by atoms with E-state index in [4.69, 9.17) is 28.0 Å². The molecule has 0 aliphatic heterocycles. The van der Waals surface area contributed by atoms with Crippen molar-refractivity contribution in [2.45, 2.75) is 107 Å². The van der Waals surface area contributed by atoms with Crippen molar-refractivity contribution < 1.29 is 78.0 Å². The highest BCUT2D eigenvalue weighted by atomic mass is 16.4. The molecule has 0 aromatic rings. The van der Waals surface area contributed by atoms with Crippen LogP contribution >= 0.6 is 0 Å². The van der Waals surface area contributed by atoms with Gasteiger partial charge in [0.15, 0.2) is 0 Å². The van der Waals surface area contributed by atoms with Gasteiger partial charge in [0, 0.05) is 19.3 Å². The van der Waals surface area contributed by atoms with E-state index in [0.717, 1.165) is 0 Å². The number of carbonyl (C=O) groups is 12. The van der Waals surface area contributed by atoms with Crippen LogP contribution in [0.5, 0.6) is 0 Å². The number of carboxylic acids is 2. The fourth-order valence-corrected chi connectivity index (χ4v) is 4.94. The second kappa shape index (κ2) is 29.7. The Morgan fingerprint density at radius 1 is 0.500 bits per heavy atom. The van der Waals surface area contributed by atoms with Crippen molar-refractivity contribution >= 4 is 71.0 Å². The third-order valence-electron chi connectivity index (χ3n) is 8.46. The van der Waals surface area contributed by atoms with Crippen LogP contribution in [0.2, 0.25) is 0 Å². The van der Waals surface area contributed by atoms with Crippen LogP contribution < -0.4 is 65.5 Å². The summed E-state index contributed by atoms with van der Waals surface area (Å²) in [6, 6.07) is -10.5. The maximum absolute atomic E-state index is 13.3. The highest BCUT2D eigenvalue weighted by Crippen LogP contribution is 2.05. The monoisotopic (exact) mass is 890 g/mol. The molecule has 7 unspecified atom stereocenters. The molecule has 0 rings (SSSR count). The van der Waals surface area contributed by atoms with Gasteiger partial charge in [-0.1, -0.05) is 0 Å². The maximum atomic E-state index is 13.3. The van der Waals surface area contributed by atoms with Crippen LogP contribution in [0.1, 0.15) is 64.7 Å². The minimum atomic E-state index is -1.75. The fourth-order valence-electron chi connectivity index (χ4n) is 4.94. The Labute approximate surface area is 354 Å². The van der Waals surface area contributed by atoms with Gasteiger partial charge in [0.2, 0.25) is 59.1 Å². The van der Waals surface area contributed by atoms with Crippen LogP contribution in [0.25, 0.3) is 0 Å². The first kappa shape index (κ1) is 55.5. The number of aliphatic hydroxyl groups is 2. The molecule has 0 aliphatic carbocycles. The SMILES string of the molecule is CC(NC(=O)C(N)CCC(=O)O)C(=O)NC(CCCCN)C(=O)NC(CO)C(=O)NC(CCC(N)=O)C(=O)NCC(=O)NCC(=O)NC(CO)C(=O)NC(CCC(N)=O)C(=O)O. The van der Waals surface area contributed by atoms with E-state index in [1.54, 1.807) is 0 Å². The Morgan fingerprint density at radius 3 is 1.48 bits per heavy atom. The van der Waals surface area contributed by atoms with Gasteiger partial charge in [0.25, 0.3) is 0 Å². The number of carboxylic acid groups (broad SMARTS) is 2. The van der Waals surface area contributed by atoms with Gasteiger partial charge in [-0.25, -0.2) is 4.79 Å². The molecule has 0 aliphatic rings. The molecule has 0 aromatic heterocycles. The van der Waals surface area contributed by atoms with E-state index < -0.39 is 165 Å². The number of hydrogen-bond donors (Lipinski definition) is 16. The molecule has 10 amide bonds. The van der Waals surface area contributed by atoms with Gasteiger partial charge in [-0.15, -0.1) is 0 Å². The molecule has 7 atom stereocenters. The molecule has 0 aromatic carbocycles. The van der Waals surface area contributed by atoms with E-state index in [-0.39, 0.29) is 25.8 Å². The summed E-state index contributed by atoms with van der Waals surface area (Å²) in [5.41, 5.74) is 21.4. The number of carbonyl (C=O) groups excluding carboxylic acids is 10. The number of rotatable bonds is 32. The molecule has 62 heavy (non-hydrogen) atoms. The van der Waals surface area contributed by atoms with Gasteiger partial charge in [-0.05, 0) is 52.0 Å². The zero-order valence-electron chi connectivity index (χ0n) is 33.9. The average molecular weight is 891 g/mol. The second-order valence-corrected chi connectivity index (χ2v) is 13.6. The lowest BCUT2D eigenvalue weighted by Crippen LogP contribution is -2.59. The van der Waals surface area contributed by atoms with Crippen LogP contribution in [0.3, 0.4) is 0 Å². The summed E-state index contributed by atoms with van der Waals surface area (Å²) in [6.45, 7) is -2.18. The van der Waals surface area contributed by atoms with Gasteiger partial charge >= 0.3 is 11.9 Å². The van der Waals surface area contributed by atoms with Gasteiger partial charge in [0.1, 0.15) is 36.3 Å². The van der Waals surface area contributed by atoms with E-state index >= 15 is 0 Å². The number of primary amides is 2. The highest BCUT2D eigenvalue weighted by molar-refractivity contribution is 5.97. The van der Waals surface area contributed by atoms with Crippen molar-refractivity contribution in [3.05, 3.63) is 0 Å². The fraction of sp³-hybridized carbons (Fsp3) is 0.647. The standard InChI is InChI=1S/C34H58N12O16/c1-16(41-29(56)17(36)5-10-27(53)54)28(55)43-18(4-2-3-11-35)31(58)46-22(15-48)33(60)44-19(6-8-23(37)49)30(57)40-12-25(51)39-13-26(52)42-21(14-47)32(59)45-20(34(61)62)7-9-24(38)50/h16-22,47-48H,2-15,35-36H2,1H3,(H2,37,49)(H2,38,50)(H,39,51)(H,40,57)(H,41,56)(H,42,52)(H,43,55)(H,44,60)(H,45,59)(H,46,58)(H,53,54)(H,61,62). The smallest absolute Gasteiger partial charge is 0.326 e. The van der Waals surface area contributed by atoms with Crippen LogP contribution in [-0.4, -0.2) is 167 Å². The van der Waals surface area contributed by atoms with Crippen LogP contribution in [0.15, 0.2) is 0 Å². The van der Waals surface area contributed by atoms with Crippen molar-refractivity contribution in [3.8, 4) is 0 Å². The number of aliphatic carboxylic acids is 2. The summed E-state index contributed by atoms with van der Waals surface area (Å²) >= 11 is 0.